The molecule has 0 unspecified atom stereocenters. The molecule has 118 valence electrons. The average Bonchev–Trinajstić information content (AvgIpc) is 3.02. The Balaban J connectivity index is 1.76. The minimum atomic E-state index is -3.32. The number of nitrogens with zero attached hydrogens (tertiary/aromatic N) is 3. The quantitative estimate of drug-likeness (QED) is 0.920. The number of nitrogens with one attached hydrogen (secondary N) is 1. The van der Waals surface area contributed by atoms with Crippen molar-refractivity contribution in [2.75, 3.05) is 26.7 Å². The first-order chi connectivity index (χ1) is 10.6. The Morgan fingerprint density at radius 2 is 2.05 bits per heavy atom. The second-order valence-electron chi connectivity index (χ2n) is 5.57. The van der Waals surface area contributed by atoms with Crippen LogP contribution in [-0.2, 0) is 15.8 Å². The Hall–Kier alpha value is -1.70. The number of imidazole rings is 1. The maximum atomic E-state index is 12.7. The van der Waals surface area contributed by atoms with E-state index in [-0.39, 0.29) is 11.8 Å². The van der Waals surface area contributed by atoms with Crippen molar-refractivity contribution in [3.05, 3.63) is 54.1 Å². The summed E-state index contributed by atoms with van der Waals surface area (Å²) in [6.45, 7) is 1.64. The van der Waals surface area contributed by atoms with Crippen LogP contribution in [0.5, 0.6) is 0 Å². The lowest BCUT2D eigenvalue weighted by molar-refractivity contribution is 0.142. The molecule has 7 heteroatoms. The number of aromatic amines is 1. The third-order valence-corrected chi connectivity index (χ3v) is 5.85. The average molecular weight is 320 g/mol. The fourth-order valence-corrected chi connectivity index (χ4v) is 4.26. The maximum absolute atomic E-state index is 12.7. The molecule has 3 rings (SSSR count). The summed E-state index contributed by atoms with van der Waals surface area (Å²) in [4.78, 5) is 9.49. The molecule has 0 amide bonds. The predicted molar refractivity (Wildman–Crippen MR) is 84.6 cm³/mol. The van der Waals surface area contributed by atoms with E-state index in [1.54, 1.807) is 16.7 Å². The number of likely N-dealkylation sites (N-methyl/N-ethyl adjacent to an activating group) is 1. The van der Waals surface area contributed by atoms with Gasteiger partial charge in [0.05, 0.1) is 11.8 Å². The third kappa shape index (κ3) is 3.21. The Morgan fingerprint density at radius 3 is 2.73 bits per heavy atom. The second kappa shape index (κ2) is 6.20. The minimum Gasteiger partial charge on any atom is -0.347 e. The SMILES string of the molecule is CN1CCN(S(=O)(=O)Cc2ccccc2)C[C@@H]1c1ncc[nH]1. The number of benzene rings is 1. The summed E-state index contributed by atoms with van der Waals surface area (Å²) in [5, 5.41) is 0. The van der Waals surface area contributed by atoms with Crippen LogP contribution in [0.3, 0.4) is 0 Å². The molecule has 6 nitrogen and oxygen atoms in total. The highest BCUT2D eigenvalue weighted by Gasteiger charge is 2.33. The molecule has 0 saturated carbocycles. The summed E-state index contributed by atoms with van der Waals surface area (Å²) in [7, 11) is -1.32. The van der Waals surface area contributed by atoms with Crippen molar-refractivity contribution < 1.29 is 8.42 Å². The molecule has 1 saturated heterocycles. The van der Waals surface area contributed by atoms with E-state index in [9.17, 15) is 8.42 Å². The normalized spacial score (nSPS) is 21.0. The van der Waals surface area contributed by atoms with E-state index in [0.717, 1.165) is 11.4 Å². The van der Waals surface area contributed by atoms with Gasteiger partial charge in [-0.2, -0.15) is 4.31 Å². The van der Waals surface area contributed by atoms with Crippen LogP contribution >= 0.6 is 0 Å². The number of hydrogen-bond donors (Lipinski definition) is 1. The van der Waals surface area contributed by atoms with Gasteiger partial charge in [0.15, 0.2) is 0 Å². The van der Waals surface area contributed by atoms with Gasteiger partial charge in [0.2, 0.25) is 10.0 Å². The van der Waals surface area contributed by atoms with Crippen molar-refractivity contribution in [3.8, 4) is 0 Å². The summed E-state index contributed by atoms with van der Waals surface area (Å²) in [6.07, 6.45) is 3.46. The lowest BCUT2D eigenvalue weighted by Gasteiger charge is -2.37. The molecule has 1 fully saturated rings. The Labute approximate surface area is 130 Å². The first kappa shape index (κ1) is 15.2. The lowest BCUT2D eigenvalue weighted by Crippen LogP contribution is -2.49. The first-order valence-corrected chi connectivity index (χ1v) is 8.88. The van der Waals surface area contributed by atoms with Crippen LogP contribution in [0.4, 0.5) is 0 Å². The summed E-state index contributed by atoms with van der Waals surface area (Å²) < 4.78 is 26.9. The molecule has 1 aliphatic rings. The van der Waals surface area contributed by atoms with E-state index in [1.807, 2.05) is 37.4 Å². The third-order valence-electron chi connectivity index (χ3n) is 4.03. The fraction of sp³-hybridized carbons (Fsp3) is 0.400. The highest BCUT2D eigenvalue weighted by Crippen LogP contribution is 2.24. The van der Waals surface area contributed by atoms with E-state index < -0.39 is 10.0 Å². The van der Waals surface area contributed by atoms with Gasteiger partial charge in [0, 0.05) is 32.0 Å². The number of piperazine rings is 1. The summed E-state index contributed by atoms with van der Waals surface area (Å²) >= 11 is 0. The highest BCUT2D eigenvalue weighted by molar-refractivity contribution is 7.88. The Morgan fingerprint density at radius 1 is 1.27 bits per heavy atom. The van der Waals surface area contributed by atoms with Gasteiger partial charge in [0.1, 0.15) is 5.82 Å². The molecule has 1 aromatic carbocycles. The highest BCUT2D eigenvalue weighted by atomic mass is 32.2. The molecule has 1 aromatic heterocycles. The summed E-state index contributed by atoms with van der Waals surface area (Å²) in [5.41, 5.74) is 0.816. The molecule has 0 radical (unpaired) electrons. The largest absolute Gasteiger partial charge is 0.347 e. The molecule has 1 aliphatic heterocycles. The van der Waals surface area contributed by atoms with Gasteiger partial charge in [-0.05, 0) is 12.6 Å². The van der Waals surface area contributed by atoms with Gasteiger partial charge >= 0.3 is 0 Å². The first-order valence-electron chi connectivity index (χ1n) is 7.27. The van der Waals surface area contributed by atoms with Crippen molar-refractivity contribution in [2.24, 2.45) is 0 Å². The van der Waals surface area contributed by atoms with Crippen LogP contribution in [0.2, 0.25) is 0 Å². The molecular weight excluding hydrogens is 300 g/mol. The number of sulfonamides is 1. The Bertz CT molecular complexity index is 700. The van der Waals surface area contributed by atoms with E-state index in [4.69, 9.17) is 0 Å². The van der Waals surface area contributed by atoms with Crippen LogP contribution in [0.1, 0.15) is 17.4 Å². The maximum Gasteiger partial charge on any atom is 0.218 e. The smallest absolute Gasteiger partial charge is 0.218 e. The van der Waals surface area contributed by atoms with E-state index in [2.05, 4.69) is 14.9 Å². The molecule has 22 heavy (non-hydrogen) atoms. The summed E-state index contributed by atoms with van der Waals surface area (Å²) in [6, 6.07) is 9.27. The second-order valence-corrected chi connectivity index (χ2v) is 7.54. The standard InChI is InChI=1S/C15H20N4O2S/c1-18-9-10-19(11-14(18)15-16-7-8-17-15)22(20,21)12-13-5-3-2-4-6-13/h2-8,14H,9-12H2,1H3,(H,16,17)/t14-/m1/s1. The van der Waals surface area contributed by atoms with E-state index in [1.165, 1.54) is 0 Å². The van der Waals surface area contributed by atoms with Crippen molar-refractivity contribution in [3.63, 3.8) is 0 Å². The van der Waals surface area contributed by atoms with Crippen molar-refractivity contribution >= 4 is 10.0 Å². The molecule has 2 aromatic rings. The van der Waals surface area contributed by atoms with Crippen LogP contribution in [0.25, 0.3) is 0 Å². The fourth-order valence-electron chi connectivity index (χ4n) is 2.73. The molecule has 0 aliphatic carbocycles. The zero-order valence-electron chi connectivity index (χ0n) is 12.5. The predicted octanol–water partition coefficient (Wildman–Crippen LogP) is 1.23. The zero-order chi connectivity index (χ0) is 15.6. The van der Waals surface area contributed by atoms with Gasteiger partial charge in [-0.1, -0.05) is 30.3 Å². The van der Waals surface area contributed by atoms with E-state index >= 15 is 0 Å². The van der Waals surface area contributed by atoms with Gasteiger partial charge in [-0.15, -0.1) is 0 Å². The van der Waals surface area contributed by atoms with Crippen LogP contribution in [0.15, 0.2) is 42.7 Å². The molecule has 0 bridgehead atoms. The van der Waals surface area contributed by atoms with Crippen molar-refractivity contribution in [1.82, 2.24) is 19.2 Å². The molecule has 0 spiro atoms. The molecule has 2 heterocycles. The molecule has 1 N–H and O–H groups in total. The van der Waals surface area contributed by atoms with Crippen molar-refractivity contribution in [1.29, 1.82) is 0 Å². The van der Waals surface area contributed by atoms with Gasteiger partial charge in [0.25, 0.3) is 0 Å². The monoisotopic (exact) mass is 320 g/mol. The van der Waals surface area contributed by atoms with E-state index in [0.29, 0.717) is 19.6 Å². The number of rotatable bonds is 4. The van der Waals surface area contributed by atoms with Crippen LogP contribution < -0.4 is 0 Å². The zero-order valence-corrected chi connectivity index (χ0v) is 13.3. The molecular formula is C15H20N4O2S. The topological polar surface area (TPSA) is 69.3 Å². The van der Waals surface area contributed by atoms with Crippen LogP contribution in [0, 0.1) is 0 Å². The van der Waals surface area contributed by atoms with Crippen molar-refractivity contribution in [2.45, 2.75) is 11.8 Å². The van der Waals surface area contributed by atoms with Gasteiger partial charge < -0.3 is 4.98 Å². The van der Waals surface area contributed by atoms with Crippen LogP contribution in [-0.4, -0.2) is 54.3 Å². The van der Waals surface area contributed by atoms with Gasteiger partial charge in [-0.3, -0.25) is 4.90 Å². The molecule has 1 atom stereocenters. The number of H-pyrrole nitrogens is 1. The number of aromatic nitrogens is 2. The lowest BCUT2D eigenvalue weighted by atomic mass is 10.2. The number of hydrogen-bond acceptors (Lipinski definition) is 4. The summed E-state index contributed by atoms with van der Waals surface area (Å²) in [5.74, 6) is 0.852. The Kier molecular flexibility index (Phi) is 4.28. The van der Waals surface area contributed by atoms with Gasteiger partial charge in [-0.25, -0.2) is 13.4 Å². The minimum absolute atomic E-state index is 0.0331.